The molecule has 106 valence electrons. The smallest absolute Gasteiger partial charge is 0.153 e. The van der Waals surface area contributed by atoms with E-state index in [4.69, 9.17) is 5.73 Å². The van der Waals surface area contributed by atoms with E-state index in [1.54, 1.807) is 6.07 Å². The molecule has 0 spiro atoms. The predicted octanol–water partition coefficient (Wildman–Crippen LogP) is 4.54. The SMILES string of the molecule is Cc1ccc(F)cc1-c1[nH]nc(N)c1-c1cccc(Br)c1. The maximum atomic E-state index is 13.6. The molecular formula is C16H13BrFN3. The number of H-pyrrole nitrogens is 1. The largest absolute Gasteiger partial charge is 0.382 e. The summed E-state index contributed by atoms with van der Waals surface area (Å²) in [5.41, 5.74) is 10.1. The van der Waals surface area contributed by atoms with Gasteiger partial charge in [-0.3, -0.25) is 5.10 Å². The Balaban J connectivity index is 2.24. The summed E-state index contributed by atoms with van der Waals surface area (Å²) in [6.45, 7) is 1.93. The molecule has 3 aromatic rings. The Morgan fingerprint density at radius 2 is 2.00 bits per heavy atom. The van der Waals surface area contributed by atoms with Gasteiger partial charge >= 0.3 is 0 Å². The van der Waals surface area contributed by atoms with Crippen molar-refractivity contribution in [3.8, 4) is 22.4 Å². The number of anilines is 1. The molecule has 0 aliphatic rings. The van der Waals surface area contributed by atoms with E-state index >= 15 is 0 Å². The first kappa shape index (κ1) is 13.8. The number of aromatic amines is 1. The molecule has 1 heterocycles. The summed E-state index contributed by atoms with van der Waals surface area (Å²) in [6.07, 6.45) is 0. The maximum Gasteiger partial charge on any atom is 0.153 e. The number of hydrogen-bond donors (Lipinski definition) is 2. The Morgan fingerprint density at radius 1 is 1.19 bits per heavy atom. The van der Waals surface area contributed by atoms with Crippen LogP contribution in [0.2, 0.25) is 0 Å². The number of rotatable bonds is 2. The van der Waals surface area contributed by atoms with Crippen molar-refractivity contribution in [1.29, 1.82) is 0 Å². The summed E-state index contributed by atoms with van der Waals surface area (Å²) >= 11 is 3.45. The summed E-state index contributed by atoms with van der Waals surface area (Å²) < 4.78 is 14.5. The van der Waals surface area contributed by atoms with E-state index in [1.165, 1.54) is 12.1 Å². The van der Waals surface area contributed by atoms with E-state index in [2.05, 4.69) is 26.1 Å². The van der Waals surface area contributed by atoms with E-state index < -0.39 is 0 Å². The van der Waals surface area contributed by atoms with Gasteiger partial charge in [-0.05, 0) is 42.3 Å². The average Bonchev–Trinajstić information content (AvgIpc) is 2.83. The summed E-state index contributed by atoms with van der Waals surface area (Å²) in [5.74, 6) is 0.107. The molecule has 2 aromatic carbocycles. The molecule has 0 fully saturated rings. The third-order valence-corrected chi connectivity index (χ3v) is 3.87. The fourth-order valence-corrected chi connectivity index (χ4v) is 2.75. The van der Waals surface area contributed by atoms with Crippen LogP contribution in [0.1, 0.15) is 5.56 Å². The van der Waals surface area contributed by atoms with Gasteiger partial charge in [-0.25, -0.2) is 4.39 Å². The molecule has 0 unspecified atom stereocenters. The lowest BCUT2D eigenvalue weighted by Crippen LogP contribution is -1.91. The van der Waals surface area contributed by atoms with Gasteiger partial charge in [-0.1, -0.05) is 34.1 Å². The van der Waals surface area contributed by atoms with Crippen LogP contribution in [0.3, 0.4) is 0 Å². The van der Waals surface area contributed by atoms with Crippen LogP contribution in [0.4, 0.5) is 10.2 Å². The number of nitrogens with two attached hydrogens (primary N) is 1. The summed E-state index contributed by atoms with van der Waals surface area (Å²) in [4.78, 5) is 0. The minimum Gasteiger partial charge on any atom is -0.382 e. The first-order chi connectivity index (χ1) is 10.1. The minimum absolute atomic E-state index is 0.288. The Labute approximate surface area is 130 Å². The van der Waals surface area contributed by atoms with Crippen LogP contribution in [0.25, 0.3) is 22.4 Å². The molecule has 3 N–H and O–H groups in total. The van der Waals surface area contributed by atoms with Crippen molar-refractivity contribution in [2.24, 2.45) is 0 Å². The van der Waals surface area contributed by atoms with Gasteiger partial charge in [-0.15, -0.1) is 0 Å². The fourth-order valence-electron chi connectivity index (χ4n) is 2.35. The maximum absolute atomic E-state index is 13.6. The highest BCUT2D eigenvalue weighted by Gasteiger charge is 2.16. The molecule has 0 amide bonds. The second kappa shape index (κ2) is 5.33. The number of nitrogens with one attached hydrogen (secondary N) is 1. The number of nitrogen functional groups attached to an aromatic ring is 1. The fraction of sp³-hybridized carbons (Fsp3) is 0.0625. The molecule has 0 radical (unpaired) electrons. The van der Waals surface area contributed by atoms with Crippen LogP contribution < -0.4 is 5.73 Å². The van der Waals surface area contributed by atoms with Crippen LogP contribution in [0.15, 0.2) is 46.9 Å². The first-order valence-corrected chi connectivity index (χ1v) is 7.22. The van der Waals surface area contributed by atoms with Gasteiger partial charge in [0.2, 0.25) is 0 Å². The van der Waals surface area contributed by atoms with E-state index in [0.717, 1.165) is 32.4 Å². The first-order valence-electron chi connectivity index (χ1n) is 6.42. The number of aryl methyl sites for hydroxylation is 1. The molecule has 0 saturated carbocycles. The van der Waals surface area contributed by atoms with E-state index in [1.807, 2.05) is 31.2 Å². The van der Waals surface area contributed by atoms with Crippen molar-refractivity contribution in [3.05, 3.63) is 58.3 Å². The topological polar surface area (TPSA) is 54.7 Å². The lowest BCUT2D eigenvalue weighted by molar-refractivity contribution is 0.628. The zero-order chi connectivity index (χ0) is 15.0. The Kier molecular flexibility index (Phi) is 3.51. The van der Waals surface area contributed by atoms with Crippen LogP contribution >= 0.6 is 15.9 Å². The highest BCUT2D eigenvalue weighted by atomic mass is 79.9. The molecule has 5 heteroatoms. The highest BCUT2D eigenvalue weighted by molar-refractivity contribution is 9.10. The third-order valence-electron chi connectivity index (χ3n) is 3.38. The minimum atomic E-state index is -0.288. The van der Waals surface area contributed by atoms with Gasteiger partial charge in [0.05, 0.1) is 11.3 Å². The van der Waals surface area contributed by atoms with Crippen LogP contribution in [-0.2, 0) is 0 Å². The van der Waals surface area contributed by atoms with Crippen molar-refractivity contribution in [2.75, 3.05) is 5.73 Å². The van der Waals surface area contributed by atoms with Crippen molar-refractivity contribution < 1.29 is 4.39 Å². The molecule has 0 aliphatic carbocycles. The molecule has 0 atom stereocenters. The van der Waals surface area contributed by atoms with Crippen molar-refractivity contribution in [1.82, 2.24) is 10.2 Å². The number of benzene rings is 2. The normalized spacial score (nSPS) is 10.8. The molecule has 0 aliphatic heterocycles. The summed E-state index contributed by atoms with van der Waals surface area (Å²) in [5, 5.41) is 7.00. The highest BCUT2D eigenvalue weighted by Crippen LogP contribution is 2.37. The summed E-state index contributed by atoms with van der Waals surface area (Å²) in [6, 6.07) is 12.4. The molecule has 21 heavy (non-hydrogen) atoms. The Morgan fingerprint density at radius 3 is 2.76 bits per heavy atom. The van der Waals surface area contributed by atoms with Crippen LogP contribution in [-0.4, -0.2) is 10.2 Å². The second-order valence-corrected chi connectivity index (χ2v) is 5.74. The van der Waals surface area contributed by atoms with Gasteiger partial charge in [0.1, 0.15) is 5.82 Å². The van der Waals surface area contributed by atoms with Gasteiger partial charge in [0.25, 0.3) is 0 Å². The number of hydrogen-bond acceptors (Lipinski definition) is 2. The van der Waals surface area contributed by atoms with Crippen molar-refractivity contribution >= 4 is 21.7 Å². The lowest BCUT2D eigenvalue weighted by Gasteiger charge is -2.08. The Bertz CT molecular complexity index is 811. The lowest BCUT2D eigenvalue weighted by atomic mass is 9.98. The van der Waals surface area contributed by atoms with Gasteiger partial charge in [0.15, 0.2) is 5.82 Å². The zero-order valence-corrected chi connectivity index (χ0v) is 12.9. The third kappa shape index (κ3) is 2.56. The molecule has 0 saturated heterocycles. The molecule has 3 rings (SSSR count). The second-order valence-electron chi connectivity index (χ2n) is 4.83. The number of halogens is 2. The molecular weight excluding hydrogens is 333 g/mol. The van der Waals surface area contributed by atoms with Crippen molar-refractivity contribution in [2.45, 2.75) is 6.92 Å². The quantitative estimate of drug-likeness (QED) is 0.716. The van der Waals surface area contributed by atoms with E-state index in [0.29, 0.717) is 5.82 Å². The standard InChI is InChI=1S/C16H13BrFN3/c1-9-5-6-12(18)8-13(9)15-14(16(19)21-20-15)10-3-2-4-11(17)7-10/h2-8H,1H3,(H3,19,20,21). The average molecular weight is 346 g/mol. The van der Waals surface area contributed by atoms with Crippen LogP contribution in [0.5, 0.6) is 0 Å². The monoisotopic (exact) mass is 345 g/mol. The van der Waals surface area contributed by atoms with Gasteiger partial charge in [-0.2, -0.15) is 5.10 Å². The van der Waals surface area contributed by atoms with E-state index in [9.17, 15) is 4.39 Å². The molecule has 3 nitrogen and oxygen atoms in total. The van der Waals surface area contributed by atoms with Crippen LogP contribution in [0, 0.1) is 12.7 Å². The number of aromatic nitrogens is 2. The van der Waals surface area contributed by atoms with E-state index in [-0.39, 0.29) is 5.82 Å². The predicted molar refractivity (Wildman–Crippen MR) is 86.3 cm³/mol. The van der Waals surface area contributed by atoms with Gasteiger partial charge in [0, 0.05) is 10.0 Å². The molecule has 0 bridgehead atoms. The molecule has 1 aromatic heterocycles. The Hall–Kier alpha value is -2.14. The number of nitrogens with zero attached hydrogens (tertiary/aromatic N) is 1. The summed E-state index contributed by atoms with van der Waals surface area (Å²) in [7, 11) is 0. The van der Waals surface area contributed by atoms with Gasteiger partial charge < -0.3 is 5.73 Å². The zero-order valence-electron chi connectivity index (χ0n) is 11.3. The van der Waals surface area contributed by atoms with Crippen molar-refractivity contribution in [3.63, 3.8) is 0 Å².